The van der Waals surface area contributed by atoms with E-state index >= 15 is 0 Å². The van der Waals surface area contributed by atoms with E-state index in [4.69, 9.17) is 4.74 Å². The minimum absolute atomic E-state index is 0.0210. The van der Waals surface area contributed by atoms with Gasteiger partial charge in [-0.2, -0.15) is 0 Å². The molecule has 2 aliphatic carbocycles. The van der Waals surface area contributed by atoms with Gasteiger partial charge >= 0.3 is 12.1 Å². The number of hydrogen-bond donors (Lipinski definition) is 3. The molecule has 4 rings (SSSR count). The highest BCUT2D eigenvalue weighted by Crippen LogP contribution is 2.44. The highest BCUT2D eigenvalue weighted by molar-refractivity contribution is 5.86. The minimum Gasteiger partial charge on any atom is -0.480 e. The molecular weight excluding hydrogens is 420 g/mol. The molecule has 0 saturated heterocycles. The number of rotatable bonds is 8. The Morgan fingerprint density at radius 3 is 2.27 bits per heavy atom. The zero-order valence-electron chi connectivity index (χ0n) is 18.5. The molecule has 2 amide bonds. The number of carbonyl (C=O) groups is 3. The Hall–Kier alpha value is -3.61. The first-order valence-corrected chi connectivity index (χ1v) is 11.3. The van der Waals surface area contributed by atoms with Gasteiger partial charge in [0.2, 0.25) is 5.91 Å². The number of fused-ring (bicyclic) bond motifs is 3. The summed E-state index contributed by atoms with van der Waals surface area (Å²) in [5.74, 6) is -1.89. The van der Waals surface area contributed by atoms with Gasteiger partial charge in [-0.15, -0.1) is 0 Å². The van der Waals surface area contributed by atoms with Gasteiger partial charge in [-0.1, -0.05) is 74.0 Å². The maximum atomic E-state index is 12.5. The summed E-state index contributed by atoms with van der Waals surface area (Å²) in [6, 6.07) is 15.0. The van der Waals surface area contributed by atoms with Crippen molar-refractivity contribution in [3.8, 4) is 11.1 Å². The van der Waals surface area contributed by atoms with Crippen molar-refractivity contribution >= 4 is 18.0 Å². The monoisotopic (exact) mass is 448 g/mol. The van der Waals surface area contributed by atoms with Crippen LogP contribution in [0.25, 0.3) is 11.1 Å². The smallest absolute Gasteiger partial charge is 0.407 e. The fourth-order valence-electron chi connectivity index (χ4n) is 4.62. The number of ether oxygens (including phenoxy) is 1. The number of carbonyl (C=O) groups excluding carboxylic acids is 2. The second-order valence-corrected chi connectivity index (χ2v) is 8.49. The quantitative estimate of drug-likeness (QED) is 0.532. The summed E-state index contributed by atoms with van der Waals surface area (Å²) in [5, 5.41) is 14.6. The number of amides is 2. The van der Waals surface area contributed by atoms with Crippen LogP contribution in [-0.4, -0.2) is 41.8 Å². The van der Waals surface area contributed by atoms with Gasteiger partial charge in [0.05, 0.1) is 12.0 Å². The van der Waals surface area contributed by atoms with Crippen molar-refractivity contribution in [3.63, 3.8) is 0 Å². The zero-order chi connectivity index (χ0) is 23.4. The van der Waals surface area contributed by atoms with Crippen molar-refractivity contribution < 1.29 is 24.2 Å². The van der Waals surface area contributed by atoms with Crippen LogP contribution in [0, 0.1) is 5.92 Å². The van der Waals surface area contributed by atoms with Gasteiger partial charge in [0, 0.05) is 5.92 Å². The summed E-state index contributed by atoms with van der Waals surface area (Å²) >= 11 is 0. The normalized spacial score (nSPS) is 19.4. The van der Waals surface area contributed by atoms with Crippen LogP contribution < -0.4 is 10.6 Å². The van der Waals surface area contributed by atoms with Gasteiger partial charge in [-0.25, -0.2) is 9.59 Å². The minimum atomic E-state index is -1.04. The molecule has 2 aromatic rings. The Bertz CT molecular complexity index is 1030. The first-order chi connectivity index (χ1) is 16.0. The van der Waals surface area contributed by atoms with E-state index in [1.54, 1.807) is 12.2 Å². The molecule has 3 N–H and O–H groups in total. The van der Waals surface area contributed by atoms with Gasteiger partial charge in [0.15, 0.2) is 0 Å². The average molecular weight is 449 g/mol. The molecule has 7 nitrogen and oxygen atoms in total. The van der Waals surface area contributed by atoms with Crippen LogP contribution in [-0.2, 0) is 14.3 Å². The van der Waals surface area contributed by atoms with Gasteiger partial charge in [0.25, 0.3) is 0 Å². The third-order valence-electron chi connectivity index (χ3n) is 6.26. The molecule has 0 bridgehead atoms. The number of carboxylic acid groups (broad SMARTS) is 1. The maximum Gasteiger partial charge on any atom is 0.407 e. The number of benzene rings is 2. The van der Waals surface area contributed by atoms with E-state index in [2.05, 4.69) is 34.9 Å². The molecule has 172 valence electrons. The van der Waals surface area contributed by atoms with Crippen molar-refractivity contribution in [2.75, 3.05) is 6.61 Å². The van der Waals surface area contributed by atoms with Crippen LogP contribution in [0.15, 0.2) is 60.7 Å². The van der Waals surface area contributed by atoms with Crippen molar-refractivity contribution in [1.29, 1.82) is 0 Å². The van der Waals surface area contributed by atoms with Gasteiger partial charge in [-0.3, -0.25) is 4.79 Å². The topological polar surface area (TPSA) is 105 Å². The molecule has 33 heavy (non-hydrogen) atoms. The molecule has 2 aliphatic rings. The molecule has 0 saturated carbocycles. The first-order valence-electron chi connectivity index (χ1n) is 11.3. The van der Waals surface area contributed by atoms with Gasteiger partial charge in [-0.05, 0) is 35.1 Å². The molecule has 0 heterocycles. The molecular formula is C26H28N2O5. The number of nitrogens with one attached hydrogen (secondary N) is 2. The molecule has 0 radical (unpaired) electrons. The Balaban J connectivity index is 1.30. The lowest BCUT2D eigenvalue weighted by atomic mass is 9.98. The van der Waals surface area contributed by atoms with Gasteiger partial charge in [0.1, 0.15) is 12.6 Å². The maximum absolute atomic E-state index is 12.5. The Morgan fingerprint density at radius 1 is 1.03 bits per heavy atom. The molecule has 3 atom stereocenters. The highest BCUT2D eigenvalue weighted by Gasteiger charge is 2.31. The lowest BCUT2D eigenvalue weighted by Crippen LogP contribution is -2.43. The van der Waals surface area contributed by atoms with E-state index in [1.165, 1.54) is 0 Å². The third kappa shape index (κ3) is 4.92. The fourth-order valence-corrected chi connectivity index (χ4v) is 4.62. The standard InChI is InChI=1S/C26H28N2O5/c1-2-7-23(25(30)31)28-24(29)16-12-13-17(14-16)27-26(32)33-15-22-20-10-5-3-8-18(20)19-9-4-6-11-21(19)22/h3-6,8-13,16-17,22-23H,2,7,14-15H2,1H3,(H,27,32)(H,28,29)(H,30,31)/t16?,17?,23-/m1/s1. The third-order valence-corrected chi connectivity index (χ3v) is 6.26. The summed E-state index contributed by atoms with van der Waals surface area (Å²) < 4.78 is 5.56. The van der Waals surface area contributed by atoms with E-state index in [0.29, 0.717) is 19.3 Å². The van der Waals surface area contributed by atoms with Crippen LogP contribution in [0.1, 0.15) is 43.2 Å². The summed E-state index contributed by atoms with van der Waals surface area (Å²) in [4.78, 5) is 36.2. The van der Waals surface area contributed by atoms with Crippen LogP contribution >= 0.6 is 0 Å². The number of hydrogen-bond acceptors (Lipinski definition) is 4. The van der Waals surface area contributed by atoms with E-state index in [9.17, 15) is 19.5 Å². The molecule has 0 spiro atoms. The van der Waals surface area contributed by atoms with E-state index < -0.39 is 24.0 Å². The first kappa shape index (κ1) is 22.6. The summed E-state index contributed by atoms with van der Waals surface area (Å²) in [6.45, 7) is 2.09. The number of carboxylic acids is 1. The van der Waals surface area contributed by atoms with Gasteiger partial charge < -0.3 is 20.5 Å². The van der Waals surface area contributed by atoms with E-state index in [1.807, 2.05) is 31.2 Å². The largest absolute Gasteiger partial charge is 0.480 e. The molecule has 7 heteroatoms. The lowest BCUT2D eigenvalue weighted by molar-refractivity contribution is -0.142. The fraction of sp³-hybridized carbons (Fsp3) is 0.346. The van der Waals surface area contributed by atoms with Crippen LogP contribution in [0.4, 0.5) is 4.79 Å². The second kappa shape index (κ2) is 9.90. The van der Waals surface area contributed by atoms with Crippen molar-refractivity contribution in [3.05, 3.63) is 71.8 Å². The van der Waals surface area contributed by atoms with Crippen LogP contribution in [0.2, 0.25) is 0 Å². The SMILES string of the molecule is CCC[C@@H](NC(=O)C1C=CC(NC(=O)OCC2c3ccccc3-c3ccccc32)C1)C(=O)O. The average Bonchev–Trinajstić information content (AvgIpc) is 3.40. The van der Waals surface area contributed by atoms with Crippen molar-refractivity contribution in [1.82, 2.24) is 10.6 Å². The summed E-state index contributed by atoms with van der Waals surface area (Å²) in [7, 11) is 0. The molecule has 0 aliphatic heterocycles. The Morgan fingerprint density at radius 2 is 1.67 bits per heavy atom. The highest BCUT2D eigenvalue weighted by atomic mass is 16.5. The van der Waals surface area contributed by atoms with E-state index in [0.717, 1.165) is 22.3 Å². The Labute approximate surface area is 192 Å². The summed E-state index contributed by atoms with van der Waals surface area (Å²) in [6.07, 6.45) is 4.31. The van der Waals surface area contributed by atoms with Crippen molar-refractivity contribution in [2.24, 2.45) is 5.92 Å². The van der Waals surface area contributed by atoms with E-state index in [-0.39, 0.29) is 24.5 Å². The number of alkyl carbamates (subject to hydrolysis) is 1. The predicted octanol–water partition coefficient (Wildman–Crippen LogP) is 3.84. The zero-order valence-corrected chi connectivity index (χ0v) is 18.5. The Kier molecular flexibility index (Phi) is 6.77. The molecule has 0 fully saturated rings. The van der Waals surface area contributed by atoms with Crippen LogP contribution in [0.3, 0.4) is 0 Å². The van der Waals surface area contributed by atoms with Crippen LogP contribution in [0.5, 0.6) is 0 Å². The lowest BCUT2D eigenvalue weighted by Gasteiger charge is -2.18. The van der Waals surface area contributed by atoms with Crippen molar-refractivity contribution in [2.45, 2.75) is 44.2 Å². The molecule has 0 aromatic heterocycles. The predicted molar refractivity (Wildman–Crippen MR) is 124 cm³/mol. The second-order valence-electron chi connectivity index (χ2n) is 8.49. The summed E-state index contributed by atoms with van der Waals surface area (Å²) in [5.41, 5.74) is 4.61. The molecule has 2 aromatic carbocycles. The number of aliphatic carboxylic acids is 1. The molecule has 2 unspecified atom stereocenters.